The molecule has 2 aromatic carbocycles. The molecule has 1 amide bonds. The molecule has 1 unspecified atom stereocenters. The highest BCUT2D eigenvalue weighted by molar-refractivity contribution is 7.52. The smallest absolute Gasteiger partial charge is 0.459 e. The molecule has 4 rings (SSSR count). The summed E-state index contributed by atoms with van der Waals surface area (Å²) in [5.41, 5.74) is -3.14. The fourth-order valence-electron chi connectivity index (χ4n) is 4.29. The standard InChI is InChI=1S/C29H34FN4O9P/c1-4-17-40-26(37)19(2)33-44(39,43-21-13-9-6-10-14-21)41-18-22-24(35)29(3,30)27(42-22)34-16-15-23(32-28(34)38)31-25(36)20-11-7-5-8-12-20/h5-16,19,22,24,27,35H,4,17-18H2,1-3H3,(H,33,39)(H,31,32,36,38)/t19-,22+,24+,27+,29+,44?/m0/s1. The van der Waals surface area contributed by atoms with Crippen molar-refractivity contribution in [2.24, 2.45) is 0 Å². The highest BCUT2D eigenvalue weighted by atomic mass is 31.2. The monoisotopic (exact) mass is 632 g/mol. The summed E-state index contributed by atoms with van der Waals surface area (Å²) < 4.78 is 52.3. The lowest BCUT2D eigenvalue weighted by Gasteiger charge is -2.25. The van der Waals surface area contributed by atoms with Crippen molar-refractivity contribution in [2.45, 2.75) is 57.3 Å². The maximum absolute atomic E-state index is 15.9. The first-order valence-corrected chi connectivity index (χ1v) is 15.4. The number of benzene rings is 2. The molecule has 1 saturated heterocycles. The summed E-state index contributed by atoms with van der Waals surface area (Å²) >= 11 is 0. The number of amides is 1. The molecule has 3 N–H and O–H groups in total. The highest BCUT2D eigenvalue weighted by Crippen LogP contribution is 2.47. The molecule has 44 heavy (non-hydrogen) atoms. The van der Waals surface area contributed by atoms with Crippen molar-refractivity contribution in [3.8, 4) is 5.75 Å². The third-order valence-corrected chi connectivity index (χ3v) is 8.25. The number of ether oxygens (including phenoxy) is 2. The molecule has 1 fully saturated rings. The molecular formula is C29H34FN4O9P. The van der Waals surface area contributed by atoms with Crippen LogP contribution < -0.4 is 20.6 Å². The molecule has 236 valence electrons. The molecule has 1 aromatic heterocycles. The van der Waals surface area contributed by atoms with Gasteiger partial charge in [0.25, 0.3) is 5.91 Å². The maximum atomic E-state index is 15.9. The number of aliphatic hydroxyl groups excluding tert-OH is 1. The van der Waals surface area contributed by atoms with E-state index in [0.29, 0.717) is 12.0 Å². The van der Waals surface area contributed by atoms with E-state index in [2.05, 4.69) is 15.4 Å². The van der Waals surface area contributed by atoms with Gasteiger partial charge >= 0.3 is 19.4 Å². The van der Waals surface area contributed by atoms with E-state index >= 15 is 4.39 Å². The Bertz CT molecular complexity index is 1540. The van der Waals surface area contributed by atoms with Gasteiger partial charge in [0.15, 0.2) is 11.9 Å². The van der Waals surface area contributed by atoms with Crippen LogP contribution in [0.25, 0.3) is 0 Å². The average molecular weight is 633 g/mol. The number of aromatic nitrogens is 2. The number of carbonyl (C=O) groups excluding carboxylic acids is 2. The molecule has 1 aliphatic heterocycles. The molecule has 6 atom stereocenters. The number of anilines is 1. The summed E-state index contributed by atoms with van der Waals surface area (Å²) in [6.45, 7) is 3.76. The van der Waals surface area contributed by atoms with E-state index in [1.54, 1.807) is 48.5 Å². The molecular weight excluding hydrogens is 598 g/mol. The van der Waals surface area contributed by atoms with Crippen molar-refractivity contribution in [1.29, 1.82) is 0 Å². The second kappa shape index (κ2) is 14.2. The van der Waals surface area contributed by atoms with Crippen LogP contribution in [0.15, 0.2) is 77.7 Å². The topological polar surface area (TPSA) is 167 Å². The Hall–Kier alpha value is -3.94. The number of hydrogen-bond acceptors (Lipinski definition) is 10. The quantitative estimate of drug-likeness (QED) is 0.186. The largest absolute Gasteiger partial charge is 0.465 e. The molecule has 2 heterocycles. The van der Waals surface area contributed by atoms with Crippen molar-refractivity contribution < 1.29 is 42.2 Å². The van der Waals surface area contributed by atoms with Crippen molar-refractivity contribution in [2.75, 3.05) is 18.5 Å². The second-order valence-electron chi connectivity index (χ2n) is 10.2. The number of nitrogens with zero attached hydrogens (tertiary/aromatic N) is 2. The zero-order valence-corrected chi connectivity index (χ0v) is 25.2. The Balaban J connectivity index is 1.48. The number of alkyl halides is 1. The summed E-state index contributed by atoms with van der Waals surface area (Å²) in [4.78, 5) is 41.4. The number of para-hydroxylation sites is 1. The third kappa shape index (κ3) is 7.96. The van der Waals surface area contributed by atoms with E-state index in [1.807, 2.05) is 6.92 Å². The minimum atomic E-state index is -4.34. The normalized spacial score (nSPS) is 23.3. The van der Waals surface area contributed by atoms with E-state index in [1.165, 1.54) is 31.3 Å². The first kappa shape index (κ1) is 33.0. The van der Waals surface area contributed by atoms with Gasteiger partial charge in [-0.3, -0.25) is 18.7 Å². The molecule has 0 radical (unpaired) electrons. The van der Waals surface area contributed by atoms with Gasteiger partial charge in [0.2, 0.25) is 0 Å². The molecule has 0 saturated carbocycles. The molecule has 0 spiro atoms. The van der Waals surface area contributed by atoms with Crippen LogP contribution in [0, 0.1) is 0 Å². The summed E-state index contributed by atoms with van der Waals surface area (Å²) in [5.74, 6) is -1.12. The first-order valence-electron chi connectivity index (χ1n) is 13.8. The van der Waals surface area contributed by atoms with Gasteiger partial charge in [0.1, 0.15) is 29.8 Å². The molecule has 1 aliphatic rings. The van der Waals surface area contributed by atoms with Gasteiger partial charge in [-0.1, -0.05) is 43.3 Å². The number of rotatable bonds is 13. The Kier molecular flexibility index (Phi) is 10.7. The van der Waals surface area contributed by atoms with Gasteiger partial charge < -0.3 is 24.4 Å². The summed E-state index contributed by atoms with van der Waals surface area (Å²) in [6.07, 6.45) is -3.17. The summed E-state index contributed by atoms with van der Waals surface area (Å²) in [7, 11) is -4.34. The van der Waals surface area contributed by atoms with Gasteiger partial charge in [-0.25, -0.2) is 13.8 Å². The molecule has 0 bridgehead atoms. The fraction of sp³-hybridized carbons (Fsp3) is 0.379. The molecule has 13 nitrogen and oxygen atoms in total. The lowest BCUT2D eigenvalue weighted by molar-refractivity contribution is -0.145. The maximum Gasteiger partial charge on any atom is 0.459 e. The van der Waals surface area contributed by atoms with Crippen molar-refractivity contribution in [3.05, 3.63) is 89.0 Å². The number of aliphatic hydroxyl groups is 1. The predicted molar refractivity (Wildman–Crippen MR) is 157 cm³/mol. The lowest BCUT2D eigenvalue weighted by Crippen LogP contribution is -2.43. The third-order valence-electron chi connectivity index (χ3n) is 6.61. The van der Waals surface area contributed by atoms with Gasteiger partial charge in [0.05, 0.1) is 13.2 Å². The van der Waals surface area contributed by atoms with Crippen LogP contribution in [0.5, 0.6) is 5.75 Å². The molecule has 15 heteroatoms. The Labute approximate surface area is 252 Å². The number of halogens is 1. The number of carbonyl (C=O) groups is 2. The van der Waals surface area contributed by atoms with Gasteiger partial charge in [0, 0.05) is 11.8 Å². The number of hydrogen-bond donors (Lipinski definition) is 3. The Morgan fingerprint density at radius 2 is 1.82 bits per heavy atom. The van der Waals surface area contributed by atoms with E-state index in [0.717, 1.165) is 11.5 Å². The van der Waals surface area contributed by atoms with Crippen LogP contribution in [0.2, 0.25) is 0 Å². The number of nitrogens with one attached hydrogen (secondary N) is 2. The first-order chi connectivity index (χ1) is 20.9. The minimum Gasteiger partial charge on any atom is -0.465 e. The zero-order valence-electron chi connectivity index (χ0n) is 24.3. The van der Waals surface area contributed by atoms with Crippen LogP contribution in [0.4, 0.5) is 10.2 Å². The summed E-state index contributed by atoms with van der Waals surface area (Å²) in [6, 6.07) is 16.4. The Morgan fingerprint density at radius 3 is 2.45 bits per heavy atom. The van der Waals surface area contributed by atoms with Crippen LogP contribution in [-0.4, -0.2) is 63.7 Å². The van der Waals surface area contributed by atoms with Crippen LogP contribution in [-0.2, 0) is 23.4 Å². The van der Waals surface area contributed by atoms with Crippen molar-refractivity contribution >= 4 is 25.4 Å². The van der Waals surface area contributed by atoms with Crippen LogP contribution >= 0.6 is 7.75 Å². The van der Waals surface area contributed by atoms with E-state index < -0.39 is 62.1 Å². The van der Waals surface area contributed by atoms with E-state index in [-0.39, 0.29) is 18.2 Å². The predicted octanol–water partition coefficient (Wildman–Crippen LogP) is 3.62. The van der Waals surface area contributed by atoms with Crippen molar-refractivity contribution in [3.63, 3.8) is 0 Å². The highest BCUT2D eigenvalue weighted by Gasteiger charge is 2.56. The average Bonchev–Trinajstić information content (AvgIpc) is 3.23. The van der Waals surface area contributed by atoms with Gasteiger partial charge in [-0.15, -0.1) is 0 Å². The minimum absolute atomic E-state index is 0.0734. The van der Waals surface area contributed by atoms with Gasteiger partial charge in [-0.2, -0.15) is 10.1 Å². The van der Waals surface area contributed by atoms with Gasteiger partial charge in [-0.05, 0) is 50.6 Å². The Morgan fingerprint density at radius 1 is 1.16 bits per heavy atom. The lowest BCUT2D eigenvalue weighted by atomic mass is 9.98. The van der Waals surface area contributed by atoms with E-state index in [4.69, 9.17) is 18.5 Å². The number of esters is 1. The SMILES string of the molecule is CCCOC(=O)[C@H](C)NP(=O)(OC[C@H]1O[C@@H](n2ccc(NC(=O)c3ccccc3)nc2=O)[C@](C)(F)[C@@H]1O)Oc1ccccc1. The second-order valence-corrected chi connectivity index (χ2v) is 11.9. The van der Waals surface area contributed by atoms with E-state index in [9.17, 15) is 24.1 Å². The molecule has 3 aromatic rings. The summed E-state index contributed by atoms with van der Waals surface area (Å²) in [5, 5.41) is 15.8. The molecule has 0 aliphatic carbocycles. The van der Waals surface area contributed by atoms with Crippen LogP contribution in [0.1, 0.15) is 43.8 Å². The van der Waals surface area contributed by atoms with Crippen molar-refractivity contribution in [1.82, 2.24) is 14.6 Å². The fourth-order valence-corrected chi connectivity index (χ4v) is 5.79. The van der Waals surface area contributed by atoms with Crippen LogP contribution in [0.3, 0.4) is 0 Å². The zero-order chi connectivity index (χ0) is 31.9.